The van der Waals surface area contributed by atoms with E-state index >= 15 is 0 Å². The third-order valence-corrected chi connectivity index (χ3v) is 3.39. The van der Waals surface area contributed by atoms with Crippen molar-refractivity contribution in [3.8, 4) is 0 Å². The molecule has 92 valence electrons. The molecule has 0 aromatic rings. The minimum atomic E-state index is 0.288. The molecule has 2 rings (SSSR count). The van der Waals surface area contributed by atoms with E-state index in [0.717, 1.165) is 25.9 Å². The number of carbonyl (C=O) groups excluding carboxylic acids is 1. The van der Waals surface area contributed by atoms with Gasteiger partial charge in [-0.15, -0.1) is 0 Å². The minimum absolute atomic E-state index is 0.288. The van der Waals surface area contributed by atoms with Crippen LogP contribution in [0.5, 0.6) is 0 Å². The number of nitrogens with zero attached hydrogens (tertiary/aromatic N) is 2. The molecule has 4 heteroatoms. The molecule has 1 aliphatic heterocycles. The molecule has 0 aromatic heterocycles. The summed E-state index contributed by atoms with van der Waals surface area (Å²) in [5.74, 6) is 0.288. The zero-order valence-electron chi connectivity index (χ0n) is 10.4. The summed E-state index contributed by atoms with van der Waals surface area (Å²) in [5.41, 5.74) is 0. The standard InChI is InChI=1S/C12H23N3O/c1-14(2)9-11-4-3-7-15(11)12(16)8-13-10-5-6-10/h10-11,13H,3-9H2,1-2H3. The number of hydrogen-bond acceptors (Lipinski definition) is 3. The number of nitrogens with one attached hydrogen (secondary N) is 1. The van der Waals surface area contributed by atoms with Crippen molar-refractivity contribution in [2.75, 3.05) is 33.7 Å². The molecule has 4 nitrogen and oxygen atoms in total. The maximum absolute atomic E-state index is 12.0. The lowest BCUT2D eigenvalue weighted by Gasteiger charge is -2.27. The second kappa shape index (κ2) is 5.15. The lowest BCUT2D eigenvalue weighted by molar-refractivity contribution is -0.131. The Balaban J connectivity index is 1.78. The zero-order chi connectivity index (χ0) is 11.5. The van der Waals surface area contributed by atoms with Crippen LogP contribution >= 0.6 is 0 Å². The summed E-state index contributed by atoms with van der Waals surface area (Å²) in [6.45, 7) is 2.48. The second-order valence-electron chi connectivity index (χ2n) is 5.30. The lowest BCUT2D eigenvalue weighted by atomic mass is 10.2. The highest BCUT2D eigenvalue weighted by Gasteiger charge is 2.30. The number of hydrogen-bond donors (Lipinski definition) is 1. The summed E-state index contributed by atoms with van der Waals surface area (Å²) in [7, 11) is 4.15. The van der Waals surface area contributed by atoms with Crippen molar-refractivity contribution >= 4 is 5.91 Å². The fourth-order valence-corrected chi connectivity index (χ4v) is 2.40. The van der Waals surface area contributed by atoms with Crippen molar-refractivity contribution in [2.24, 2.45) is 0 Å². The van der Waals surface area contributed by atoms with E-state index in [9.17, 15) is 4.79 Å². The van der Waals surface area contributed by atoms with Crippen LogP contribution in [0.4, 0.5) is 0 Å². The molecule has 0 bridgehead atoms. The number of rotatable bonds is 5. The van der Waals surface area contributed by atoms with E-state index in [2.05, 4.69) is 29.2 Å². The molecule has 1 amide bonds. The van der Waals surface area contributed by atoms with E-state index in [1.807, 2.05) is 0 Å². The summed E-state index contributed by atoms with van der Waals surface area (Å²) in [6, 6.07) is 1.06. The highest BCUT2D eigenvalue weighted by atomic mass is 16.2. The molecule has 0 spiro atoms. The Hall–Kier alpha value is -0.610. The largest absolute Gasteiger partial charge is 0.337 e. The van der Waals surface area contributed by atoms with Gasteiger partial charge in [-0.05, 0) is 39.8 Å². The van der Waals surface area contributed by atoms with Gasteiger partial charge < -0.3 is 15.1 Å². The lowest BCUT2D eigenvalue weighted by Crippen LogP contribution is -2.45. The topological polar surface area (TPSA) is 35.6 Å². The van der Waals surface area contributed by atoms with E-state index in [1.54, 1.807) is 0 Å². The molecule has 1 saturated carbocycles. The van der Waals surface area contributed by atoms with Crippen molar-refractivity contribution in [1.82, 2.24) is 15.1 Å². The molecule has 1 heterocycles. The number of amides is 1. The third kappa shape index (κ3) is 3.19. The van der Waals surface area contributed by atoms with E-state index in [-0.39, 0.29) is 5.91 Å². The maximum Gasteiger partial charge on any atom is 0.236 e. The molecule has 1 atom stereocenters. The molecule has 0 aromatic carbocycles. The Kier molecular flexibility index (Phi) is 3.82. The Morgan fingerprint density at radius 2 is 2.12 bits per heavy atom. The van der Waals surface area contributed by atoms with Crippen LogP contribution in [0.25, 0.3) is 0 Å². The molecule has 1 unspecified atom stereocenters. The first-order chi connectivity index (χ1) is 7.66. The van der Waals surface area contributed by atoms with E-state index in [0.29, 0.717) is 18.6 Å². The summed E-state index contributed by atoms with van der Waals surface area (Å²) < 4.78 is 0. The maximum atomic E-state index is 12.0. The molecular weight excluding hydrogens is 202 g/mol. The summed E-state index contributed by atoms with van der Waals surface area (Å²) in [5, 5.41) is 3.30. The zero-order valence-corrected chi connectivity index (χ0v) is 10.4. The molecule has 1 aliphatic carbocycles. The Morgan fingerprint density at radius 1 is 1.38 bits per heavy atom. The van der Waals surface area contributed by atoms with Crippen LogP contribution in [0.2, 0.25) is 0 Å². The predicted molar refractivity (Wildman–Crippen MR) is 64.3 cm³/mol. The van der Waals surface area contributed by atoms with Gasteiger partial charge in [0, 0.05) is 25.2 Å². The first-order valence-electron chi connectivity index (χ1n) is 6.34. The van der Waals surface area contributed by atoms with Gasteiger partial charge in [0.25, 0.3) is 0 Å². The first kappa shape index (κ1) is 11.9. The smallest absolute Gasteiger partial charge is 0.236 e. The second-order valence-corrected chi connectivity index (χ2v) is 5.30. The average molecular weight is 225 g/mol. The van der Waals surface area contributed by atoms with Crippen molar-refractivity contribution in [3.63, 3.8) is 0 Å². The summed E-state index contributed by atoms with van der Waals surface area (Å²) >= 11 is 0. The van der Waals surface area contributed by atoms with Gasteiger partial charge in [-0.1, -0.05) is 0 Å². The molecular formula is C12H23N3O. The summed E-state index contributed by atoms with van der Waals surface area (Å²) in [6.07, 6.45) is 4.81. The molecule has 2 aliphatic rings. The van der Waals surface area contributed by atoms with Crippen molar-refractivity contribution in [2.45, 2.75) is 37.8 Å². The third-order valence-electron chi connectivity index (χ3n) is 3.39. The molecule has 2 fully saturated rings. The van der Waals surface area contributed by atoms with Crippen molar-refractivity contribution in [1.29, 1.82) is 0 Å². The van der Waals surface area contributed by atoms with E-state index < -0.39 is 0 Å². The van der Waals surface area contributed by atoms with Crippen LogP contribution in [0.3, 0.4) is 0 Å². The van der Waals surface area contributed by atoms with Gasteiger partial charge in [0.2, 0.25) is 5.91 Å². The van der Waals surface area contributed by atoms with Crippen LogP contribution in [-0.2, 0) is 4.79 Å². The molecule has 0 radical (unpaired) electrons. The Bertz CT molecular complexity index is 251. The highest BCUT2D eigenvalue weighted by molar-refractivity contribution is 5.79. The van der Waals surface area contributed by atoms with Gasteiger partial charge in [0.15, 0.2) is 0 Å². The van der Waals surface area contributed by atoms with E-state index in [4.69, 9.17) is 0 Å². The first-order valence-corrected chi connectivity index (χ1v) is 6.34. The molecule has 1 saturated heterocycles. The van der Waals surface area contributed by atoms with Crippen molar-refractivity contribution in [3.05, 3.63) is 0 Å². The van der Waals surface area contributed by atoms with Gasteiger partial charge in [-0.25, -0.2) is 0 Å². The van der Waals surface area contributed by atoms with Crippen LogP contribution < -0.4 is 5.32 Å². The fraction of sp³-hybridized carbons (Fsp3) is 0.917. The number of carbonyl (C=O) groups is 1. The average Bonchev–Trinajstić information content (AvgIpc) is 2.94. The van der Waals surface area contributed by atoms with Crippen molar-refractivity contribution < 1.29 is 4.79 Å². The minimum Gasteiger partial charge on any atom is -0.337 e. The number of likely N-dealkylation sites (tertiary alicyclic amines) is 1. The van der Waals surface area contributed by atoms with Crippen LogP contribution in [0.1, 0.15) is 25.7 Å². The van der Waals surface area contributed by atoms with Gasteiger partial charge in [0.1, 0.15) is 0 Å². The normalized spacial score (nSPS) is 25.4. The van der Waals surface area contributed by atoms with E-state index in [1.165, 1.54) is 12.8 Å². The van der Waals surface area contributed by atoms with Gasteiger partial charge >= 0.3 is 0 Å². The quantitative estimate of drug-likeness (QED) is 0.730. The van der Waals surface area contributed by atoms with Crippen LogP contribution in [0, 0.1) is 0 Å². The van der Waals surface area contributed by atoms with Crippen LogP contribution in [0.15, 0.2) is 0 Å². The SMILES string of the molecule is CN(C)CC1CCCN1C(=O)CNC1CC1. The van der Waals surface area contributed by atoms with Gasteiger partial charge in [-0.2, -0.15) is 0 Å². The molecule has 1 N–H and O–H groups in total. The van der Waals surface area contributed by atoms with Crippen LogP contribution in [-0.4, -0.2) is 61.5 Å². The number of likely N-dealkylation sites (N-methyl/N-ethyl adjacent to an activating group) is 1. The van der Waals surface area contributed by atoms with Gasteiger partial charge in [-0.3, -0.25) is 4.79 Å². The Morgan fingerprint density at radius 3 is 2.75 bits per heavy atom. The Labute approximate surface area is 98.0 Å². The molecule has 16 heavy (non-hydrogen) atoms. The predicted octanol–water partition coefficient (Wildman–Crippen LogP) is 0.291. The monoisotopic (exact) mass is 225 g/mol. The van der Waals surface area contributed by atoms with Gasteiger partial charge in [0.05, 0.1) is 6.54 Å². The highest BCUT2D eigenvalue weighted by Crippen LogP contribution is 2.20. The fourth-order valence-electron chi connectivity index (χ4n) is 2.40. The summed E-state index contributed by atoms with van der Waals surface area (Å²) in [4.78, 5) is 16.3.